The highest BCUT2D eigenvalue weighted by molar-refractivity contribution is 7.98. The van der Waals surface area contributed by atoms with Crippen LogP contribution in [0, 0.1) is 6.92 Å². The van der Waals surface area contributed by atoms with Gasteiger partial charge >= 0.3 is 0 Å². The van der Waals surface area contributed by atoms with Crippen molar-refractivity contribution in [3.8, 4) is 11.3 Å². The molecule has 0 unspecified atom stereocenters. The first-order valence-corrected chi connectivity index (χ1v) is 8.98. The molecule has 0 bridgehead atoms. The van der Waals surface area contributed by atoms with E-state index < -0.39 is 0 Å². The molecule has 0 aliphatic carbocycles. The van der Waals surface area contributed by atoms with Gasteiger partial charge in [-0.3, -0.25) is 4.68 Å². The fourth-order valence-corrected chi connectivity index (χ4v) is 3.97. The molecule has 0 amide bonds. The lowest BCUT2D eigenvalue weighted by molar-refractivity contribution is 0.718. The van der Waals surface area contributed by atoms with Crippen LogP contribution in [0.5, 0.6) is 0 Å². The molecule has 0 fully saturated rings. The number of rotatable bonds is 5. The lowest BCUT2D eigenvalue weighted by Crippen LogP contribution is -1.98. The number of aromatic nitrogens is 2. The van der Waals surface area contributed by atoms with Gasteiger partial charge in [0, 0.05) is 34.5 Å². The van der Waals surface area contributed by atoms with Crippen molar-refractivity contribution in [2.45, 2.75) is 30.9 Å². The fourth-order valence-electron chi connectivity index (χ4n) is 2.89. The summed E-state index contributed by atoms with van der Waals surface area (Å²) >= 11 is 1.90. The van der Waals surface area contributed by atoms with Gasteiger partial charge in [-0.25, -0.2) is 0 Å². The Morgan fingerprint density at radius 3 is 2.39 bits per heavy atom. The van der Waals surface area contributed by atoms with Crippen LogP contribution >= 0.6 is 11.8 Å². The topological polar surface area (TPSA) is 17.8 Å². The van der Waals surface area contributed by atoms with Crippen molar-refractivity contribution in [3.05, 3.63) is 71.4 Å². The van der Waals surface area contributed by atoms with Gasteiger partial charge in [0.15, 0.2) is 0 Å². The lowest BCUT2D eigenvalue weighted by atomic mass is 10.1. The van der Waals surface area contributed by atoms with Crippen LogP contribution in [-0.4, -0.2) is 9.78 Å². The Hall–Kier alpha value is -2.00. The SMILES string of the molecule is CCc1c(CSc2ccccc2C)c(-c2ccccc2)nn1C. The first-order valence-electron chi connectivity index (χ1n) is 7.99. The number of thioether (sulfide) groups is 1. The largest absolute Gasteiger partial charge is 0.272 e. The minimum Gasteiger partial charge on any atom is -0.272 e. The van der Waals surface area contributed by atoms with Crippen LogP contribution in [0.25, 0.3) is 11.3 Å². The average molecular weight is 322 g/mol. The molecule has 0 atom stereocenters. The van der Waals surface area contributed by atoms with Crippen molar-refractivity contribution in [1.82, 2.24) is 9.78 Å². The summed E-state index contributed by atoms with van der Waals surface area (Å²) in [7, 11) is 2.05. The minimum atomic E-state index is 0.950. The molecule has 0 aliphatic heterocycles. The summed E-state index contributed by atoms with van der Waals surface area (Å²) in [5, 5.41) is 4.79. The van der Waals surface area contributed by atoms with Crippen LogP contribution in [0.15, 0.2) is 59.5 Å². The lowest BCUT2D eigenvalue weighted by Gasteiger charge is -2.08. The molecular weight excluding hydrogens is 300 g/mol. The van der Waals surface area contributed by atoms with E-state index in [0.29, 0.717) is 0 Å². The molecule has 0 saturated carbocycles. The summed E-state index contributed by atoms with van der Waals surface area (Å²) in [4.78, 5) is 1.34. The maximum absolute atomic E-state index is 4.79. The second-order valence-corrected chi connectivity index (χ2v) is 6.69. The van der Waals surface area contributed by atoms with Crippen LogP contribution in [-0.2, 0) is 19.2 Å². The number of aryl methyl sites for hydroxylation is 2. The average Bonchev–Trinajstić information content (AvgIpc) is 2.90. The minimum absolute atomic E-state index is 0.950. The third-order valence-corrected chi connectivity index (χ3v) is 5.32. The van der Waals surface area contributed by atoms with Gasteiger partial charge in [0.2, 0.25) is 0 Å². The molecule has 1 aromatic heterocycles. The third-order valence-electron chi connectivity index (χ3n) is 4.12. The summed E-state index contributed by atoms with van der Waals surface area (Å²) in [5.74, 6) is 0.950. The summed E-state index contributed by atoms with van der Waals surface area (Å²) in [6.07, 6.45) is 1.000. The second kappa shape index (κ2) is 7.05. The van der Waals surface area contributed by atoms with E-state index in [1.54, 1.807) is 0 Å². The third kappa shape index (κ3) is 3.35. The van der Waals surface area contributed by atoms with E-state index in [-0.39, 0.29) is 0 Å². The smallest absolute Gasteiger partial charge is 0.0966 e. The van der Waals surface area contributed by atoms with E-state index in [9.17, 15) is 0 Å². The van der Waals surface area contributed by atoms with Crippen molar-refractivity contribution in [2.75, 3.05) is 0 Å². The van der Waals surface area contributed by atoms with E-state index in [4.69, 9.17) is 5.10 Å². The van der Waals surface area contributed by atoms with E-state index >= 15 is 0 Å². The molecule has 3 rings (SSSR count). The van der Waals surface area contributed by atoms with Gasteiger partial charge in [-0.05, 0) is 25.0 Å². The predicted octanol–water partition coefficient (Wildman–Crippen LogP) is 5.25. The molecule has 0 aliphatic rings. The zero-order valence-electron chi connectivity index (χ0n) is 13.9. The number of benzene rings is 2. The van der Waals surface area contributed by atoms with Crippen LogP contribution in [0.4, 0.5) is 0 Å². The molecule has 23 heavy (non-hydrogen) atoms. The Morgan fingerprint density at radius 1 is 1.00 bits per heavy atom. The van der Waals surface area contributed by atoms with Gasteiger partial charge in [0.25, 0.3) is 0 Å². The van der Waals surface area contributed by atoms with Gasteiger partial charge in [-0.2, -0.15) is 5.10 Å². The van der Waals surface area contributed by atoms with Crippen LogP contribution in [0.3, 0.4) is 0 Å². The molecule has 3 aromatic rings. The molecule has 2 aromatic carbocycles. The van der Waals surface area contributed by atoms with Crippen LogP contribution < -0.4 is 0 Å². The maximum Gasteiger partial charge on any atom is 0.0966 e. The highest BCUT2D eigenvalue weighted by Crippen LogP contribution is 2.32. The normalized spacial score (nSPS) is 10.9. The molecule has 0 radical (unpaired) electrons. The zero-order valence-corrected chi connectivity index (χ0v) is 14.7. The summed E-state index contributed by atoms with van der Waals surface area (Å²) < 4.78 is 2.04. The number of nitrogens with zero attached hydrogens (tertiary/aromatic N) is 2. The van der Waals surface area contributed by atoms with Gasteiger partial charge in [-0.1, -0.05) is 55.5 Å². The first-order chi connectivity index (χ1) is 11.2. The zero-order chi connectivity index (χ0) is 16.2. The van der Waals surface area contributed by atoms with Gasteiger partial charge in [-0.15, -0.1) is 11.8 Å². The Kier molecular flexibility index (Phi) is 4.87. The van der Waals surface area contributed by atoms with Crippen molar-refractivity contribution in [2.24, 2.45) is 7.05 Å². The Balaban J connectivity index is 1.96. The van der Waals surface area contributed by atoms with Crippen molar-refractivity contribution >= 4 is 11.8 Å². The fraction of sp³-hybridized carbons (Fsp3) is 0.250. The van der Waals surface area contributed by atoms with Crippen molar-refractivity contribution in [3.63, 3.8) is 0 Å². The second-order valence-electron chi connectivity index (χ2n) is 5.67. The highest BCUT2D eigenvalue weighted by Gasteiger charge is 2.16. The van der Waals surface area contributed by atoms with Gasteiger partial charge < -0.3 is 0 Å². The molecule has 118 valence electrons. The van der Waals surface area contributed by atoms with Crippen molar-refractivity contribution in [1.29, 1.82) is 0 Å². The number of hydrogen-bond acceptors (Lipinski definition) is 2. The monoisotopic (exact) mass is 322 g/mol. The Labute approximate surface area is 142 Å². The van der Waals surface area contributed by atoms with E-state index in [1.165, 1.54) is 27.3 Å². The van der Waals surface area contributed by atoms with Gasteiger partial charge in [0.1, 0.15) is 0 Å². The molecule has 0 spiro atoms. The molecule has 0 N–H and O–H groups in total. The quantitative estimate of drug-likeness (QED) is 0.597. The molecular formula is C20H22N2S. The molecule has 3 heteroatoms. The standard InChI is InChI=1S/C20H22N2S/c1-4-18-17(14-23-19-13-9-8-10-15(19)2)20(21-22(18)3)16-11-6-5-7-12-16/h5-13H,4,14H2,1-3H3. The molecule has 2 nitrogen and oxygen atoms in total. The summed E-state index contributed by atoms with van der Waals surface area (Å²) in [6, 6.07) is 19.1. The highest BCUT2D eigenvalue weighted by atomic mass is 32.2. The Morgan fingerprint density at radius 2 is 1.70 bits per heavy atom. The first kappa shape index (κ1) is 15.9. The maximum atomic E-state index is 4.79. The van der Waals surface area contributed by atoms with Crippen molar-refractivity contribution < 1.29 is 0 Å². The van der Waals surface area contributed by atoms with Crippen LogP contribution in [0.1, 0.15) is 23.7 Å². The molecule has 1 heterocycles. The van der Waals surface area contributed by atoms with Gasteiger partial charge in [0.05, 0.1) is 5.69 Å². The summed E-state index contributed by atoms with van der Waals surface area (Å²) in [5.41, 5.74) is 6.33. The Bertz CT molecular complexity index is 791. The van der Waals surface area contributed by atoms with E-state index in [1.807, 2.05) is 23.5 Å². The summed E-state index contributed by atoms with van der Waals surface area (Å²) in [6.45, 7) is 4.37. The van der Waals surface area contributed by atoms with Crippen LogP contribution in [0.2, 0.25) is 0 Å². The molecule has 0 saturated heterocycles. The number of hydrogen-bond donors (Lipinski definition) is 0. The van der Waals surface area contributed by atoms with E-state index in [2.05, 4.69) is 68.4 Å². The predicted molar refractivity (Wildman–Crippen MR) is 98.8 cm³/mol. The van der Waals surface area contributed by atoms with E-state index in [0.717, 1.165) is 17.9 Å².